The number of carbonyl (C=O) groups excluding carboxylic acids is 1. The van der Waals surface area contributed by atoms with Gasteiger partial charge in [0.05, 0.1) is 12.2 Å². The molecule has 1 unspecified atom stereocenters. The summed E-state index contributed by atoms with van der Waals surface area (Å²) in [6.07, 6.45) is -6.02. The van der Waals surface area contributed by atoms with Crippen molar-refractivity contribution in [3.05, 3.63) is 66.0 Å². The molecule has 2 aromatic carbocycles. The second kappa shape index (κ2) is 10.4. The largest absolute Gasteiger partial charge is 0.423 e. The van der Waals surface area contributed by atoms with Crippen molar-refractivity contribution in [2.45, 2.75) is 19.0 Å². The van der Waals surface area contributed by atoms with E-state index in [1.54, 1.807) is 36.4 Å². The lowest BCUT2D eigenvalue weighted by Crippen LogP contribution is -2.11. The van der Waals surface area contributed by atoms with Gasteiger partial charge >= 0.3 is 5.97 Å². The summed E-state index contributed by atoms with van der Waals surface area (Å²) in [5, 5.41) is 0. The fraction of sp³-hybridized carbons (Fsp3) is 0.235. The number of halogens is 5. The van der Waals surface area contributed by atoms with Crippen molar-refractivity contribution in [3.8, 4) is 5.75 Å². The maximum atomic E-state index is 13.2. The molecule has 2 aromatic rings. The standard InChI is InChI=1S/C13H9FO2.C4H6F4/c14-12-9-5-4-8-11(12)13(15)16-10-6-2-1-3-7-10;5-2-1-3(6)4(7)8/h1-9H;3-4H,1-2H2. The summed E-state index contributed by atoms with van der Waals surface area (Å²) < 4.78 is 63.0. The summed E-state index contributed by atoms with van der Waals surface area (Å²) in [5.74, 6) is -0.872. The van der Waals surface area contributed by atoms with Crippen LogP contribution in [0.5, 0.6) is 5.75 Å². The van der Waals surface area contributed by atoms with Crippen LogP contribution in [-0.4, -0.2) is 25.2 Å². The molecule has 0 radical (unpaired) electrons. The SMILES string of the molecule is FCCC(F)C(F)F.O=C(Oc1ccccc1)c1ccccc1F. The van der Waals surface area contributed by atoms with Crippen LogP contribution in [0.4, 0.5) is 22.0 Å². The third kappa shape index (κ3) is 6.76. The van der Waals surface area contributed by atoms with E-state index in [4.69, 9.17) is 4.74 Å². The Morgan fingerprint density at radius 3 is 2.04 bits per heavy atom. The average molecular weight is 346 g/mol. The van der Waals surface area contributed by atoms with E-state index in [0.29, 0.717) is 5.75 Å². The van der Waals surface area contributed by atoms with Crippen molar-refractivity contribution in [1.29, 1.82) is 0 Å². The highest BCUT2D eigenvalue weighted by molar-refractivity contribution is 5.91. The molecule has 0 amide bonds. The predicted molar refractivity (Wildman–Crippen MR) is 79.3 cm³/mol. The normalized spacial score (nSPS) is 11.4. The number of benzene rings is 2. The zero-order chi connectivity index (χ0) is 17.9. The Bertz CT molecular complexity index is 619. The predicted octanol–water partition coefficient (Wildman–Crippen LogP) is 4.99. The van der Waals surface area contributed by atoms with Crippen LogP contribution in [0.25, 0.3) is 0 Å². The van der Waals surface area contributed by atoms with Gasteiger partial charge in [-0.15, -0.1) is 0 Å². The van der Waals surface area contributed by atoms with Crippen LogP contribution in [-0.2, 0) is 0 Å². The van der Waals surface area contributed by atoms with E-state index in [-0.39, 0.29) is 5.56 Å². The van der Waals surface area contributed by atoms with Crippen molar-refractivity contribution in [3.63, 3.8) is 0 Å². The molecule has 2 nitrogen and oxygen atoms in total. The molecule has 1 atom stereocenters. The van der Waals surface area contributed by atoms with E-state index < -0.39 is 37.5 Å². The molecule has 7 heteroatoms. The van der Waals surface area contributed by atoms with Gasteiger partial charge in [0.15, 0.2) is 6.17 Å². The van der Waals surface area contributed by atoms with Crippen molar-refractivity contribution < 1.29 is 31.5 Å². The van der Waals surface area contributed by atoms with Gasteiger partial charge in [-0.2, -0.15) is 0 Å². The van der Waals surface area contributed by atoms with Crippen LogP contribution in [0.15, 0.2) is 54.6 Å². The van der Waals surface area contributed by atoms with E-state index in [2.05, 4.69) is 0 Å². The minimum absolute atomic E-state index is 0.0636. The van der Waals surface area contributed by atoms with Gasteiger partial charge in [0, 0.05) is 6.42 Å². The van der Waals surface area contributed by atoms with E-state index >= 15 is 0 Å². The molecule has 0 aliphatic carbocycles. The molecule has 0 N–H and O–H groups in total. The third-order valence-electron chi connectivity index (χ3n) is 2.71. The zero-order valence-electron chi connectivity index (χ0n) is 12.5. The van der Waals surface area contributed by atoms with Crippen LogP contribution in [0.2, 0.25) is 0 Å². The Kier molecular flexibility index (Phi) is 8.46. The first kappa shape index (κ1) is 19.6. The smallest absolute Gasteiger partial charge is 0.346 e. The highest BCUT2D eigenvalue weighted by Crippen LogP contribution is 2.13. The average Bonchev–Trinajstić information content (AvgIpc) is 2.57. The molecule has 0 saturated carbocycles. The molecule has 0 saturated heterocycles. The Hall–Kier alpha value is -2.44. The molecule has 0 heterocycles. The number of hydrogen-bond acceptors (Lipinski definition) is 2. The van der Waals surface area contributed by atoms with Crippen LogP contribution >= 0.6 is 0 Å². The number of carbonyl (C=O) groups is 1. The minimum atomic E-state index is -3.04. The van der Waals surface area contributed by atoms with E-state index in [9.17, 15) is 26.7 Å². The molecular formula is C17H15F5O2. The summed E-state index contributed by atoms with van der Waals surface area (Å²) in [5.41, 5.74) is -0.0636. The molecule has 2 rings (SSSR count). The number of hydrogen-bond donors (Lipinski definition) is 0. The van der Waals surface area contributed by atoms with Gasteiger partial charge in [0.1, 0.15) is 11.6 Å². The molecule has 0 bridgehead atoms. The van der Waals surface area contributed by atoms with Crippen LogP contribution in [0, 0.1) is 5.82 Å². The first-order valence-electron chi connectivity index (χ1n) is 6.95. The lowest BCUT2D eigenvalue weighted by molar-refractivity contribution is 0.0418. The first-order chi connectivity index (χ1) is 11.5. The topological polar surface area (TPSA) is 26.3 Å². The quantitative estimate of drug-likeness (QED) is 0.433. The highest BCUT2D eigenvalue weighted by atomic mass is 19.3. The number of rotatable bonds is 5. The molecule has 0 aromatic heterocycles. The second-order valence-corrected chi connectivity index (χ2v) is 4.51. The van der Waals surface area contributed by atoms with Crippen molar-refractivity contribution in [1.82, 2.24) is 0 Å². The first-order valence-corrected chi connectivity index (χ1v) is 6.95. The summed E-state index contributed by atoms with van der Waals surface area (Å²) in [6, 6.07) is 14.3. The minimum Gasteiger partial charge on any atom is -0.423 e. The molecule has 0 fully saturated rings. The fourth-order valence-electron chi connectivity index (χ4n) is 1.51. The Morgan fingerprint density at radius 1 is 0.958 bits per heavy atom. The lowest BCUT2D eigenvalue weighted by Gasteiger charge is -2.04. The Balaban J connectivity index is 0.000000307. The summed E-state index contributed by atoms with van der Waals surface area (Å²) in [6.45, 7) is -1.02. The van der Waals surface area contributed by atoms with E-state index in [1.807, 2.05) is 0 Å². The van der Waals surface area contributed by atoms with Gasteiger partial charge in [0.2, 0.25) is 0 Å². The molecule has 130 valence electrons. The maximum absolute atomic E-state index is 13.2. The van der Waals surface area contributed by atoms with Gasteiger partial charge in [0.25, 0.3) is 6.43 Å². The lowest BCUT2D eigenvalue weighted by atomic mass is 10.2. The van der Waals surface area contributed by atoms with Crippen molar-refractivity contribution in [2.75, 3.05) is 6.67 Å². The monoisotopic (exact) mass is 346 g/mol. The summed E-state index contributed by atoms with van der Waals surface area (Å²) in [7, 11) is 0. The highest BCUT2D eigenvalue weighted by Gasteiger charge is 2.17. The van der Waals surface area contributed by atoms with Gasteiger partial charge in [-0.1, -0.05) is 30.3 Å². The van der Waals surface area contributed by atoms with Crippen LogP contribution < -0.4 is 4.74 Å². The van der Waals surface area contributed by atoms with Gasteiger partial charge in [-0.3, -0.25) is 4.39 Å². The van der Waals surface area contributed by atoms with Crippen LogP contribution in [0.1, 0.15) is 16.8 Å². The molecular weight excluding hydrogens is 331 g/mol. The molecule has 0 spiro atoms. The third-order valence-corrected chi connectivity index (χ3v) is 2.71. The number of para-hydroxylation sites is 1. The van der Waals surface area contributed by atoms with E-state index in [1.165, 1.54) is 18.2 Å². The summed E-state index contributed by atoms with van der Waals surface area (Å²) in [4.78, 5) is 11.6. The molecule has 0 aliphatic rings. The number of ether oxygens (including phenoxy) is 1. The van der Waals surface area contributed by atoms with Crippen LogP contribution in [0.3, 0.4) is 0 Å². The molecule has 24 heavy (non-hydrogen) atoms. The van der Waals surface area contributed by atoms with Crippen molar-refractivity contribution >= 4 is 5.97 Å². The van der Waals surface area contributed by atoms with Crippen molar-refractivity contribution in [2.24, 2.45) is 0 Å². The maximum Gasteiger partial charge on any atom is 0.346 e. The fourth-order valence-corrected chi connectivity index (χ4v) is 1.51. The summed E-state index contributed by atoms with van der Waals surface area (Å²) >= 11 is 0. The van der Waals surface area contributed by atoms with Gasteiger partial charge < -0.3 is 4.74 Å². The van der Waals surface area contributed by atoms with E-state index in [0.717, 1.165) is 0 Å². The molecule has 0 aliphatic heterocycles. The Labute approximate surface area is 135 Å². The number of alkyl halides is 4. The van der Waals surface area contributed by atoms with Gasteiger partial charge in [-0.25, -0.2) is 22.4 Å². The van der Waals surface area contributed by atoms with Gasteiger partial charge in [-0.05, 0) is 24.3 Å². The number of esters is 1. The zero-order valence-corrected chi connectivity index (χ0v) is 12.5. The second-order valence-electron chi connectivity index (χ2n) is 4.51. The Morgan fingerprint density at radius 2 is 1.54 bits per heavy atom.